The van der Waals surface area contributed by atoms with Gasteiger partial charge in [-0.05, 0) is 31.0 Å². The topological polar surface area (TPSA) is 70.2 Å². The Bertz CT molecular complexity index is 623. The van der Waals surface area contributed by atoms with E-state index < -0.39 is 6.04 Å². The van der Waals surface area contributed by atoms with Gasteiger partial charge in [0.2, 0.25) is 11.8 Å². The number of carbonyl (C=O) groups excluding carboxylic acids is 2. The highest BCUT2D eigenvalue weighted by Gasteiger charge is 2.36. The zero-order chi connectivity index (χ0) is 16.4. The number of fused-ring (bicyclic) bond motifs is 1. The van der Waals surface area contributed by atoms with Gasteiger partial charge < -0.3 is 16.0 Å². The van der Waals surface area contributed by atoms with Crippen LogP contribution in [0, 0.1) is 0 Å². The van der Waals surface area contributed by atoms with E-state index in [-0.39, 0.29) is 30.3 Å². The maximum atomic E-state index is 12.2. The summed E-state index contributed by atoms with van der Waals surface area (Å²) in [4.78, 5) is 24.3. The normalized spacial score (nSPS) is 27.0. The molecule has 1 saturated carbocycles. The van der Waals surface area contributed by atoms with Crippen molar-refractivity contribution < 1.29 is 9.59 Å². The minimum atomic E-state index is -0.489. The standard InChI is InChI=1S/C16H19Cl2N3O2/c17-10-6-5-9(7-11(10)18)19-15(22)8-14-16(23)21-13-4-2-1-3-12(13)20-14/h5-7,12-14,20H,1-4,8H2,(H,19,22)(H,21,23)/t12-,13+,14-/m1/s1. The molecule has 3 N–H and O–H groups in total. The van der Waals surface area contributed by atoms with Crippen molar-refractivity contribution in [3.8, 4) is 0 Å². The van der Waals surface area contributed by atoms with Crippen molar-refractivity contribution >= 4 is 40.7 Å². The summed E-state index contributed by atoms with van der Waals surface area (Å²) in [5.74, 6) is -0.331. The zero-order valence-corrected chi connectivity index (χ0v) is 14.1. The van der Waals surface area contributed by atoms with Crippen molar-refractivity contribution in [1.29, 1.82) is 0 Å². The summed E-state index contributed by atoms with van der Waals surface area (Å²) >= 11 is 11.8. The van der Waals surface area contributed by atoms with Crippen LogP contribution in [-0.4, -0.2) is 29.9 Å². The smallest absolute Gasteiger partial charge is 0.237 e. The molecule has 3 atom stereocenters. The fraction of sp³-hybridized carbons (Fsp3) is 0.500. The van der Waals surface area contributed by atoms with Gasteiger partial charge in [0.25, 0.3) is 0 Å². The Balaban J connectivity index is 1.58. The molecule has 0 unspecified atom stereocenters. The molecule has 2 fully saturated rings. The van der Waals surface area contributed by atoms with Gasteiger partial charge in [-0.1, -0.05) is 36.0 Å². The van der Waals surface area contributed by atoms with E-state index in [0.717, 1.165) is 25.7 Å². The Morgan fingerprint density at radius 3 is 2.65 bits per heavy atom. The van der Waals surface area contributed by atoms with Gasteiger partial charge in [-0.2, -0.15) is 0 Å². The van der Waals surface area contributed by atoms with Crippen LogP contribution in [0.1, 0.15) is 32.1 Å². The van der Waals surface area contributed by atoms with Crippen LogP contribution >= 0.6 is 23.2 Å². The number of nitrogens with one attached hydrogen (secondary N) is 3. The third-order valence-electron chi connectivity index (χ3n) is 4.42. The molecule has 1 aliphatic carbocycles. The number of piperazine rings is 1. The van der Waals surface area contributed by atoms with Crippen LogP contribution in [0.5, 0.6) is 0 Å². The van der Waals surface area contributed by atoms with Crippen LogP contribution in [0.15, 0.2) is 18.2 Å². The number of benzene rings is 1. The molecule has 124 valence electrons. The number of hydrogen-bond acceptors (Lipinski definition) is 3. The van der Waals surface area contributed by atoms with Crippen LogP contribution in [0.4, 0.5) is 5.69 Å². The fourth-order valence-corrected chi connectivity index (χ4v) is 3.54. The highest BCUT2D eigenvalue weighted by Crippen LogP contribution is 2.25. The second-order valence-corrected chi connectivity index (χ2v) is 6.92. The zero-order valence-electron chi connectivity index (χ0n) is 12.6. The van der Waals surface area contributed by atoms with E-state index in [1.807, 2.05) is 0 Å². The lowest BCUT2D eigenvalue weighted by atomic mass is 9.87. The molecule has 1 saturated heterocycles. The number of halogens is 2. The number of hydrogen-bond donors (Lipinski definition) is 3. The Hall–Kier alpha value is -1.30. The summed E-state index contributed by atoms with van der Waals surface area (Å²) < 4.78 is 0. The van der Waals surface area contributed by atoms with Gasteiger partial charge in [-0.25, -0.2) is 0 Å². The Morgan fingerprint density at radius 2 is 1.91 bits per heavy atom. The van der Waals surface area contributed by atoms with Crippen LogP contribution in [-0.2, 0) is 9.59 Å². The van der Waals surface area contributed by atoms with Crippen molar-refractivity contribution in [3.05, 3.63) is 28.2 Å². The van der Waals surface area contributed by atoms with Crippen molar-refractivity contribution in [2.75, 3.05) is 5.32 Å². The van der Waals surface area contributed by atoms with Crippen LogP contribution in [0.2, 0.25) is 10.0 Å². The summed E-state index contributed by atoms with van der Waals surface area (Å²) in [5, 5.41) is 9.91. The first-order chi connectivity index (χ1) is 11.0. The summed E-state index contributed by atoms with van der Waals surface area (Å²) in [7, 11) is 0. The summed E-state index contributed by atoms with van der Waals surface area (Å²) in [5.41, 5.74) is 0.566. The SMILES string of the molecule is O=C(C[C@H]1N[C@@H]2CCCC[C@@H]2NC1=O)Nc1ccc(Cl)c(Cl)c1. The van der Waals surface area contributed by atoms with Gasteiger partial charge in [-0.3, -0.25) is 9.59 Å². The lowest BCUT2D eigenvalue weighted by Crippen LogP contribution is -2.65. The highest BCUT2D eigenvalue weighted by atomic mass is 35.5. The minimum Gasteiger partial charge on any atom is -0.350 e. The molecule has 0 spiro atoms. The number of rotatable bonds is 3. The van der Waals surface area contributed by atoms with Gasteiger partial charge in [-0.15, -0.1) is 0 Å². The molecule has 5 nitrogen and oxygen atoms in total. The predicted molar refractivity (Wildman–Crippen MR) is 90.8 cm³/mol. The Morgan fingerprint density at radius 1 is 1.17 bits per heavy atom. The molecule has 2 aliphatic rings. The number of amides is 2. The van der Waals surface area contributed by atoms with Crippen molar-refractivity contribution in [1.82, 2.24) is 10.6 Å². The lowest BCUT2D eigenvalue weighted by molar-refractivity contribution is -0.129. The summed E-state index contributed by atoms with van der Waals surface area (Å²) in [6.45, 7) is 0. The second kappa shape index (κ2) is 7.07. The van der Waals surface area contributed by atoms with E-state index in [1.54, 1.807) is 18.2 Å². The van der Waals surface area contributed by atoms with E-state index in [0.29, 0.717) is 15.7 Å². The summed E-state index contributed by atoms with van der Waals surface area (Å²) in [6, 6.07) is 4.87. The average Bonchev–Trinajstić information content (AvgIpc) is 2.51. The van der Waals surface area contributed by atoms with Gasteiger partial charge in [0.05, 0.1) is 22.5 Å². The molecular weight excluding hydrogens is 337 g/mol. The number of carbonyl (C=O) groups is 2. The maximum absolute atomic E-state index is 12.2. The molecule has 0 bridgehead atoms. The van der Waals surface area contributed by atoms with E-state index in [1.165, 1.54) is 0 Å². The van der Waals surface area contributed by atoms with Crippen molar-refractivity contribution in [3.63, 3.8) is 0 Å². The lowest BCUT2D eigenvalue weighted by Gasteiger charge is -2.40. The van der Waals surface area contributed by atoms with Gasteiger partial charge in [0.15, 0.2) is 0 Å². The van der Waals surface area contributed by atoms with Crippen LogP contribution < -0.4 is 16.0 Å². The third kappa shape index (κ3) is 3.97. The Kier molecular flexibility index (Phi) is 5.09. The molecule has 1 aromatic rings. The molecule has 23 heavy (non-hydrogen) atoms. The molecular formula is C16H19Cl2N3O2. The largest absolute Gasteiger partial charge is 0.350 e. The number of anilines is 1. The van der Waals surface area contributed by atoms with Gasteiger partial charge in [0, 0.05) is 17.8 Å². The van der Waals surface area contributed by atoms with Gasteiger partial charge >= 0.3 is 0 Å². The Labute approximate surface area is 145 Å². The highest BCUT2D eigenvalue weighted by molar-refractivity contribution is 6.42. The van der Waals surface area contributed by atoms with Crippen LogP contribution in [0.3, 0.4) is 0 Å². The molecule has 0 radical (unpaired) electrons. The predicted octanol–water partition coefficient (Wildman–Crippen LogP) is 2.72. The van der Waals surface area contributed by atoms with Crippen molar-refractivity contribution in [2.45, 2.75) is 50.2 Å². The molecule has 2 amide bonds. The van der Waals surface area contributed by atoms with E-state index in [9.17, 15) is 9.59 Å². The monoisotopic (exact) mass is 355 g/mol. The quantitative estimate of drug-likeness (QED) is 0.780. The molecule has 7 heteroatoms. The first kappa shape index (κ1) is 16.6. The van der Waals surface area contributed by atoms with E-state index in [2.05, 4.69) is 16.0 Å². The fourth-order valence-electron chi connectivity index (χ4n) is 3.24. The van der Waals surface area contributed by atoms with Crippen LogP contribution in [0.25, 0.3) is 0 Å². The third-order valence-corrected chi connectivity index (χ3v) is 5.16. The first-order valence-electron chi connectivity index (χ1n) is 7.84. The first-order valence-corrected chi connectivity index (χ1v) is 8.60. The molecule has 1 aromatic carbocycles. The average molecular weight is 356 g/mol. The second-order valence-electron chi connectivity index (χ2n) is 6.11. The van der Waals surface area contributed by atoms with Crippen molar-refractivity contribution in [2.24, 2.45) is 0 Å². The van der Waals surface area contributed by atoms with E-state index in [4.69, 9.17) is 23.2 Å². The molecule has 0 aromatic heterocycles. The molecule has 3 rings (SSSR count). The maximum Gasteiger partial charge on any atom is 0.237 e. The molecule has 1 aliphatic heterocycles. The van der Waals surface area contributed by atoms with Gasteiger partial charge in [0.1, 0.15) is 0 Å². The minimum absolute atomic E-state index is 0.0926. The van der Waals surface area contributed by atoms with E-state index >= 15 is 0 Å². The molecule has 1 heterocycles. The summed E-state index contributed by atoms with van der Waals surface area (Å²) in [6.07, 6.45) is 4.44.